The number of aromatic nitrogens is 2. The lowest BCUT2D eigenvalue weighted by Gasteiger charge is -2.32. The lowest BCUT2D eigenvalue weighted by Crippen LogP contribution is -2.37. The van der Waals surface area contributed by atoms with Gasteiger partial charge in [-0.25, -0.2) is 0 Å². The van der Waals surface area contributed by atoms with Crippen LogP contribution in [0.1, 0.15) is 19.3 Å². The topological polar surface area (TPSA) is 41.3 Å². The van der Waals surface area contributed by atoms with Gasteiger partial charge in [-0.2, -0.15) is 5.10 Å². The monoisotopic (exact) mass is 223 g/mol. The molecule has 1 atom stereocenters. The number of hydrogen-bond donors (Lipinski definition) is 1. The van der Waals surface area contributed by atoms with Crippen LogP contribution in [0.2, 0.25) is 0 Å². The Hall–Kier alpha value is -0.870. The minimum atomic E-state index is 0.331. The highest BCUT2D eigenvalue weighted by Gasteiger charge is 2.18. The van der Waals surface area contributed by atoms with Gasteiger partial charge in [0.1, 0.15) is 0 Å². The highest BCUT2D eigenvalue weighted by Crippen LogP contribution is 2.18. The highest BCUT2D eigenvalue weighted by atomic mass is 16.3. The van der Waals surface area contributed by atoms with E-state index < -0.39 is 0 Å². The van der Waals surface area contributed by atoms with Crippen molar-refractivity contribution < 1.29 is 5.11 Å². The number of hydrogen-bond acceptors (Lipinski definition) is 3. The molecule has 4 nitrogen and oxygen atoms in total. The van der Waals surface area contributed by atoms with Crippen LogP contribution in [-0.2, 0) is 6.54 Å². The molecule has 0 spiro atoms. The highest BCUT2D eigenvalue weighted by molar-refractivity contribution is 4.78. The van der Waals surface area contributed by atoms with Crippen LogP contribution in [0.15, 0.2) is 18.5 Å². The number of aliphatic hydroxyl groups is 1. The molecule has 1 N–H and O–H groups in total. The Kier molecular flexibility index (Phi) is 4.36. The fourth-order valence-corrected chi connectivity index (χ4v) is 2.45. The second-order valence-electron chi connectivity index (χ2n) is 4.59. The molecule has 1 aliphatic heterocycles. The molecule has 1 saturated heterocycles. The van der Waals surface area contributed by atoms with Crippen molar-refractivity contribution in [3.63, 3.8) is 0 Å². The van der Waals surface area contributed by atoms with Gasteiger partial charge in [-0.05, 0) is 37.8 Å². The van der Waals surface area contributed by atoms with Gasteiger partial charge in [0.15, 0.2) is 0 Å². The summed E-state index contributed by atoms with van der Waals surface area (Å²) in [6.07, 6.45) is 7.33. The number of aliphatic hydroxyl groups excluding tert-OH is 1. The van der Waals surface area contributed by atoms with Gasteiger partial charge < -0.3 is 10.0 Å². The van der Waals surface area contributed by atoms with Crippen LogP contribution in [0.5, 0.6) is 0 Å². The molecule has 1 aliphatic rings. The summed E-state index contributed by atoms with van der Waals surface area (Å²) in [6, 6.07) is 1.96. The van der Waals surface area contributed by atoms with E-state index in [0.717, 1.165) is 26.1 Å². The van der Waals surface area contributed by atoms with E-state index in [1.807, 2.05) is 23.1 Å². The molecule has 1 aromatic heterocycles. The Morgan fingerprint density at radius 1 is 1.38 bits per heavy atom. The van der Waals surface area contributed by atoms with Crippen LogP contribution in [0.25, 0.3) is 0 Å². The van der Waals surface area contributed by atoms with Crippen LogP contribution in [0, 0.1) is 5.92 Å². The van der Waals surface area contributed by atoms with Gasteiger partial charge >= 0.3 is 0 Å². The summed E-state index contributed by atoms with van der Waals surface area (Å²) in [7, 11) is 0. The predicted molar refractivity (Wildman–Crippen MR) is 63.1 cm³/mol. The largest absolute Gasteiger partial charge is 0.396 e. The standard InChI is InChI=1S/C12H21N3O/c16-10-4-12-3-1-6-14(11-12)8-9-15-7-2-5-13-15/h2,5,7,12,16H,1,3-4,6,8-11H2. The smallest absolute Gasteiger partial charge is 0.0536 e. The second-order valence-corrected chi connectivity index (χ2v) is 4.59. The van der Waals surface area contributed by atoms with Gasteiger partial charge in [-0.15, -0.1) is 0 Å². The SMILES string of the molecule is OCCC1CCCN(CCn2cccn2)C1. The summed E-state index contributed by atoms with van der Waals surface area (Å²) in [5.41, 5.74) is 0. The molecule has 0 amide bonds. The predicted octanol–water partition coefficient (Wildman–Crippen LogP) is 0.977. The van der Waals surface area contributed by atoms with E-state index in [1.54, 1.807) is 0 Å². The van der Waals surface area contributed by atoms with Crippen LogP contribution < -0.4 is 0 Å². The Balaban J connectivity index is 1.72. The quantitative estimate of drug-likeness (QED) is 0.809. The number of nitrogens with zero attached hydrogens (tertiary/aromatic N) is 3. The van der Waals surface area contributed by atoms with E-state index in [2.05, 4.69) is 10.00 Å². The van der Waals surface area contributed by atoms with Crippen LogP contribution in [0.4, 0.5) is 0 Å². The average Bonchev–Trinajstić information content (AvgIpc) is 2.80. The normalized spacial score (nSPS) is 22.4. The first-order valence-electron chi connectivity index (χ1n) is 6.19. The summed E-state index contributed by atoms with van der Waals surface area (Å²) >= 11 is 0. The van der Waals surface area contributed by atoms with Crippen molar-refractivity contribution in [3.8, 4) is 0 Å². The molecule has 0 saturated carbocycles. The maximum Gasteiger partial charge on any atom is 0.0536 e. The van der Waals surface area contributed by atoms with Gasteiger partial charge in [-0.1, -0.05) is 0 Å². The van der Waals surface area contributed by atoms with Crippen molar-refractivity contribution in [2.45, 2.75) is 25.8 Å². The zero-order valence-electron chi connectivity index (χ0n) is 9.76. The Morgan fingerprint density at radius 3 is 3.06 bits per heavy atom. The van der Waals surface area contributed by atoms with Gasteiger partial charge in [0, 0.05) is 32.1 Å². The molecule has 1 aromatic rings. The second kappa shape index (κ2) is 6.01. The third kappa shape index (κ3) is 3.32. The summed E-state index contributed by atoms with van der Waals surface area (Å²) in [5.74, 6) is 0.691. The molecule has 4 heteroatoms. The summed E-state index contributed by atoms with van der Waals surface area (Å²) in [6.45, 7) is 4.71. The van der Waals surface area contributed by atoms with Gasteiger partial charge in [0.05, 0.1) is 6.54 Å². The minimum Gasteiger partial charge on any atom is -0.396 e. The first-order valence-corrected chi connectivity index (χ1v) is 6.19. The van der Waals surface area contributed by atoms with Crippen molar-refractivity contribution in [1.82, 2.24) is 14.7 Å². The van der Waals surface area contributed by atoms with Crippen molar-refractivity contribution in [2.24, 2.45) is 5.92 Å². The van der Waals surface area contributed by atoms with Crippen molar-refractivity contribution in [3.05, 3.63) is 18.5 Å². The number of piperidine rings is 1. The molecular weight excluding hydrogens is 202 g/mol. The first-order chi connectivity index (χ1) is 7.88. The molecule has 2 heterocycles. The molecule has 1 unspecified atom stereocenters. The lowest BCUT2D eigenvalue weighted by atomic mass is 9.95. The van der Waals surface area contributed by atoms with Gasteiger partial charge in [0.25, 0.3) is 0 Å². The third-order valence-electron chi connectivity index (χ3n) is 3.34. The van der Waals surface area contributed by atoms with Gasteiger partial charge in [-0.3, -0.25) is 4.68 Å². The van der Waals surface area contributed by atoms with Crippen LogP contribution >= 0.6 is 0 Å². The van der Waals surface area contributed by atoms with Crippen LogP contribution in [-0.4, -0.2) is 46.0 Å². The number of likely N-dealkylation sites (tertiary alicyclic amines) is 1. The van der Waals surface area contributed by atoms with E-state index in [9.17, 15) is 0 Å². The Morgan fingerprint density at radius 2 is 2.31 bits per heavy atom. The average molecular weight is 223 g/mol. The van der Waals surface area contributed by atoms with Crippen molar-refractivity contribution in [2.75, 3.05) is 26.2 Å². The molecular formula is C12H21N3O. The van der Waals surface area contributed by atoms with Gasteiger partial charge in [0.2, 0.25) is 0 Å². The van der Waals surface area contributed by atoms with E-state index in [0.29, 0.717) is 12.5 Å². The number of rotatable bonds is 5. The van der Waals surface area contributed by atoms with E-state index in [-0.39, 0.29) is 0 Å². The fourth-order valence-electron chi connectivity index (χ4n) is 2.45. The molecule has 0 radical (unpaired) electrons. The molecule has 1 fully saturated rings. The van der Waals surface area contributed by atoms with Crippen LogP contribution in [0.3, 0.4) is 0 Å². The molecule has 0 aromatic carbocycles. The van der Waals surface area contributed by atoms with Crippen molar-refractivity contribution in [1.29, 1.82) is 0 Å². The summed E-state index contributed by atoms with van der Waals surface area (Å²) in [5, 5.41) is 13.2. The minimum absolute atomic E-state index is 0.331. The molecule has 0 aliphatic carbocycles. The Bertz CT molecular complexity index is 284. The zero-order chi connectivity index (χ0) is 11.2. The lowest BCUT2D eigenvalue weighted by molar-refractivity contribution is 0.143. The maximum absolute atomic E-state index is 8.95. The fraction of sp³-hybridized carbons (Fsp3) is 0.750. The maximum atomic E-state index is 8.95. The molecule has 0 bridgehead atoms. The molecule has 16 heavy (non-hydrogen) atoms. The Labute approximate surface area is 96.9 Å². The summed E-state index contributed by atoms with van der Waals surface area (Å²) < 4.78 is 1.98. The molecule has 90 valence electrons. The van der Waals surface area contributed by atoms with E-state index in [4.69, 9.17) is 5.11 Å². The first kappa shape index (κ1) is 11.6. The van der Waals surface area contributed by atoms with E-state index >= 15 is 0 Å². The third-order valence-corrected chi connectivity index (χ3v) is 3.34. The summed E-state index contributed by atoms with van der Waals surface area (Å²) in [4.78, 5) is 2.49. The molecule has 2 rings (SSSR count). The zero-order valence-corrected chi connectivity index (χ0v) is 9.76. The van der Waals surface area contributed by atoms with E-state index in [1.165, 1.54) is 19.4 Å². The van der Waals surface area contributed by atoms with Crippen molar-refractivity contribution >= 4 is 0 Å².